The van der Waals surface area contributed by atoms with Gasteiger partial charge in [0.25, 0.3) is 0 Å². The number of pyridine rings is 1. The fourth-order valence-corrected chi connectivity index (χ4v) is 2.40. The summed E-state index contributed by atoms with van der Waals surface area (Å²) in [4.78, 5) is 9.10. The maximum Gasteiger partial charge on any atom is 0.0473 e. The third kappa shape index (κ3) is 2.60. The molecule has 0 saturated carbocycles. The Kier molecular flexibility index (Phi) is 3.91. The number of hydrogen-bond acceptors (Lipinski definition) is 3. The van der Waals surface area contributed by atoms with Crippen LogP contribution in [0.25, 0.3) is 0 Å². The molecule has 3 nitrogen and oxygen atoms in total. The van der Waals surface area contributed by atoms with Crippen LogP contribution in [0.3, 0.4) is 0 Å². The topological polar surface area (TPSA) is 19.4 Å². The van der Waals surface area contributed by atoms with Gasteiger partial charge in [-0.25, -0.2) is 0 Å². The maximum atomic E-state index is 4.09. The van der Waals surface area contributed by atoms with E-state index in [0.717, 1.165) is 13.1 Å². The summed E-state index contributed by atoms with van der Waals surface area (Å²) in [6, 6.07) is 4.80. The zero-order valence-corrected chi connectivity index (χ0v) is 10.3. The number of rotatable bonds is 3. The maximum absolute atomic E-state index is 4.09. The summed E-state index contributed by atoms with van der Waals surface area (Å²) in [5.41, 5.74) is 1.39. The van der Waals surface area contributed by atoms with Crippen LogP contribution in [-0.2, 0) is 0 Å². The van der Waals surface area contributed by atoms with Crippen molar-refractivity contribution in [2.45, 2.75) is 19.4 Å². The molecule has 0 spiro atoms. The fraction of sp³-hybridized carbons (Fsp3) is 0.615. The molecule has 88 valence electrons. The highest BCUT2D eigenvalue weighted by molar-refractivity contribution is 5.16. The summed E-state index contributed by atoms with van der Waals surface area (Å²) in [7, 11) is 2.22. The minimum absolute atomic E-state index is 0.531. The van der Waals surface area contributed by atoms with Gasteiger partial charge in [0.05, 0.1) is 0 Å². The molecular formula is C13H21N3. The van der Waals surface area contributed by atoms with E-state index in [0.29, 0.717) is 6.04 Å². The van der Waals surface area contributed by atoms with Crippen LogP contribution < -0.4 is 0 Å². The van der Waals surface area contributed by atoms with Crippen molar-refractivity contribution < 1.29 is 0 Å². The molecule has 0 bridgehead atoms. The Morgan fingerprint density at radius 1 is 1.31 bits per heavy atom. The van der Waals surface area contributed by atoms with Gasteiger partial charge < -0.3 is 4.90 Å². The minimum Gasteiger partial charge on any atom is -0.300 e. The first-order valence-corrected chi connectivity index (χ1v) is 6.13. The molecule has 16 heavy (non-hydrogen) atoms. The lowest BCUT2D eigenvalue weighted by Gasteiger charge is -2.39. The monoisotopic (exact) mass is 219 g/mol. The molecule has 0 aromatic carbocycles. The molecule has 3 heteroatoms. The lowest BCUT2D eigenvalue weighted by molar-refractivity contribution is 0.0957. The summed E-state index contributed by atoms with van der Waals surface area (Å²) in [5.74, 6) is 0. The zero-order chi connectivity index (χ0) is 11.4. The quantitative estimate of drug-likeness (QED) is 0.772. The van der Waals surface area contributed by atoms with Gasteiger partial charge in [0, 0.05) is 38.1 Å². The van der Waals surface area contributed by atoms with Crippen LogP contribution >= 0.6 is 0 Å². The summed E-state index contributed by atoms with van der Waals surface area (Å²) in [6.45, 7) is 6.97. The number of likely N-dealkylation sites (N-methyl/N-ethyl adjacent to an activating group) is 1. The highest BCUT2D eigenvalue weighted by atomic mass is 15.3. The average molecular weight is 219 g/mol. The van der Waals surface area contributed by atoms with Crippen LogP contribution in [0.5, 0.6) is 0 Å². The third-order valence-electron chi connectivity index (χ3n) is 3.36. The molecule has 2 heterocycles. The molecule has 0 radical (unpaired) electrons. The number of nitrogens with zero attached hydrogens (tertiary/aromatic N) is 3. The van der Waals surface area contributed by atoms with E-state index in [2.05, 4.69) is 40.9 Å². The van der Waals surface area contributed by atoms with Gasteiger partial charge >= 0.3 is 0 Å². The normalized spacial score (nSPS) is 23.5. The number of piperazine rings is 1. The lowest BCUT2D eigenvalue weighted by atomic mass is 10.0. The zero-order valence-electron chi connectivity index (χ0n) is 10.3. The van der Waals surface area contributed by atoms with E-state index >= 15 is 0 Å². The van der Waals surface area contributed by atoms with Crippen LogP contribution in [0.4, 0.5) is 0 Å². The molecule has 1 saturated heterocycles. The Morgan fingerprint density at radius 2 is 2.06 bits per heavy atom. The Balaban J connectivity index is 2.07. The molecule has 1 aromatic rings. The first-order valence-electron chi connectivity index (χ1n) is 6.13. The van der Waals surface area contributed by atoms with Crippen LogP contribution in [-0.4, -0.2) is 48.0 Å². The van der Waals surface area contributed by atoms with E-state index in [9.17, 15) is 0 Å². The molecule has 2 rings (SSSR count). The van der Waals surface area contributed by atoms with E-state index in [1.165, 1.54) is 25.1 Å². The van der Waals surface area contributed by atoms with Crippen LogP contribution in [0.2, 0.25) is 0 Å². The first kappa shape index (κ1) is 11.6. The first-order chi connectivity index (χ1) is 7.81. The molecule has 1 aromatic heterocycles. The molecule has 1 fully saturated rings. The second kappa shape index (κ2) is 5.41. The van der Waals surface area contributed by atoms with E-state index < -0.39 is 0 Å². The van der Waals surface area contributed by atoms with Crippen molar-refractivity contribution >= 4 is 0 Å². The number of hydrogen-bond donors (Lipinski definition) is 0. The highest BCUT2D eigenvalue weighted by Gasteiger charge is 2.24. The van der Waals surface area contributed by atoms with Crippen LogP contribution in [0.1, 0.15) is 24.9 Å². The molecule has 0 amide bonds. The second-order valence-corrected chi connectivity index (χ2v) is 4.58. The van der Waals surface area contributed by atoms with Gasteiger partial charge in [-0.1, -0.05) is 6.92 Å². The Hall–Kier alpha value is -0.930. The smallest absolute Gasteiger partial charge is 0.0473 e. The van der Waals surface area contributed by atoms with Gasteiger partial charge in [-0.05, 0) is 37.7 Å². The van der Waals surface area contributed by atoms with Gasteiger partial charge in [0.15, 0.2) is 0 Å². The predicted octanol–water partition coefficient (Wildman–Crippen LogP) is 1.78. The summed E-state index contributed by atoms with van der Waals surface area (Å²) in [6.07, 6.45) is 5.02. The Morgan fingerprint density at radius 3 is 2.75 bits per heavy atom. The van der Waals surface area contributed by atoms with E-state index in [4.69, 9.17) is 0 Å². The number of aromatic nitrogens is 1. The van der Waals surface area contributed by atoms with Crippen LogP contribution in [0, 0.1) is 0 Å². The SMILES string of the molecule is CCCN1CCN(C)C(c2ccncc2)C1. The van der Waals surface area contributed by atoms with Crippen molar-refractivity contribution in [3.05, 3.63) is 30.1 Å². The molecule has 1 atom stereocenters. The van der Waals surface area contributed by atoms with Crippen LogP contribution in [0.15, 0.2) is 24.5 Å². The molecular weight excluding hydrogens is 198 g/mol. The van der Waals surface area contributed by atoms with Crippen molar-refractivity contribution in [2.24, 2.45) is 0 Å². The third-order valence-corrected chi connectivity index (χ3v) is 3.36. The van der Waals surface area contributed by atoms with E-state index in [-0.39, 0.29) is 0 Å². The molecule has 1 aliphatic heterocycles. The standard InChI is InChI=1S/C13H21N3/c1-3-8-16-10-9-15(2)13(11-16)12-4-6-14-7-5-12/h4-7,13H,3,8-11H2,1-2H3. The van der Waals surface area contributed by atoms with Gasteiger partial charge in [-0.15, -0.1) is 0 Å². The Labute approximate surface area is 98.1 Å². The fourth-order valence-electron chi connectivity index (χ4n) is 2.40. The molecule has 1 unspecified atom stereocenters. The lowest BCUT2D eigenvalue weighted by Crippen LogP contribution is -2.46. The molecule has 0 aliphatic carbocycles. The summed E-state index contributed by atoms with van der Waals surface area (Å²) >= 11 is 0. The van der Waals surface area contributed by atoms with Gasteiger partial charge in [-0.2, -0.15) is 0 Å². The second-order valence-electron chi connectivity index (χ2n) is 4.58. The summed E-state index contributed by atoms with van der Waals surface area (Å²) < 4.78 is 0. The molecule has 1 aliphatic rings. The van der Waals surface area contributed by atoms with Crippen molar-refractivity contribution in [3.8, 4) is 0 Å². The van der Waals surface area contributed by atoms with E-state index in [1.54, 1.807) is 0 Å². The van der Waals surface area contributed by atoms with E-state index in [1.807, 2.05) is 12.4 Å². The highest BCUT2D eigenvalue weighted by Crippen LogP contribution is 2.23. The van der Waals surface area contributed by atoms with Crippen molar-refractivity contribution in [2.75, 3.05) is 33.2 Å². The van der Waals surface area contributed by atoms with Gasteiger partial charge in [0.1, 0.15) is 0 Å². The largest absolute Gasteiger partial charge is 0.300 e. The molecule has 0 N–H and O–H groups in total. The minimum atomic E-state index is 0.531. The Bertz CT molecular complexity index is 312. The van der Waals surface area contributed by atoms with Gasteiger partial charge in [-0.3, -0.25) is 9.88 Å². The van der Waals surface area contributed by atoms with Gasteiger partial charge in [0.2, 0.25) is 0 Å². The van der Waals surface area contributed by atoms with Crippen molar-refractivity contribution in [1.82, 2.24) is 14.8 Å². The summed E-state index contributed by atoms with van der Waals surface area (Å²) in [5, 5.41) is 0. The predicted molar refractivity (Wildman–Crippen MR) is 66.3 cm³/mol. The van der Waals surface area contributed by atoms with Crippen molar-refractivity contribution in [3.63, 3.8) is 0 Å². The average Bonchev–Trinajstić information content (AvgIpc) is 2.33. The van der Waals surface area contributed by atoms with Crippen molar-refractivity contribution in [1.29, 1.82) is 0 Å².